The summed E-state index contributed by atoms with van der Waals surface area (Å²) in [4.78, 5) is 7.42. The Kier molecular flexibility index (Phi) is 5.04. The number of imidazole rings is 1. The number of aromatic nitrogens is 2. The van der Waals surface area contributed by atoms with E-state index >= 15 is 0 Å². The minimum Gasteiger partial charge on any atom is -0.359 e. The molecule has 8 heteroatoms. The van der Waals surface area contributed by atoms with Crippen LogP contribution in [0, 0.1) is 18.7 Å². The van der Waals surface area contributed by atoms with Crippen molar-refractivity contribution < 1.29 is 17.5 Å². The second-order valence-corrected chi connectivity index (χ2v) is 10.5. The van der Waals surface area contributed by atoms with Gasteiger partial charge in [0, 0.05) is 6.26 Å². The van der Waals surface area contributed by atoms with Gasteiger partial charge in [0.05, 0.1) is 16.3 Å². The predicted molar refractivity (Wildman–Crippen MR) is 105 cm³/mol. The maximum absolute atomic E-state index is 13.7. The molecule has 5 nitrogen and oxygen atoms in total. The number of aryl methyl sites for hydroxylation is 1. The number of hydrogen-bond donors (Lipinski definition) is 1. The van der Waals surface area contributed by atoms with E-state index < -0.39 is 21.8 Å². The fourth-order valence-electron chi connectivity index (χ4n) is 4.55. The van der Waals surface area contributed by atoms with Crippen molar-refractivity contribution in [1.29, 1.82) is 0 Å². The molecule has 3 saturated carbocycles. The van der Waals surface area contributed by atoms with Crippen molar-refractivity contribution in [3.63, 3.8) is 0 Å². The van der Waals surface area contributed by atoms with Crippen LogP contribution < -0.4 is 0 Å². The Hall–Kier alpha value is -1.44. The van der Waals surface area contributed by atoms with Crippen molar-refractivity contribution in [2.24, 2.45) is 5.92 Å². The molecule has 5 rings (SSSR count). The number of nitrogens with zero attached hydrogens (tertiary/aromatic N) is 1. The van der Waals surface area contributed by atoms with Crippen molar-refractivity contribution >= 4 is 21.4 Å². The van der Waals surface area contributed by atoms with Gasteiger partial charge in [0.15, 0.2) is 14.9 Å². The molecule has 28 heavy (non-hydrogen) atoms. The van der Waals surface area contributed by atoms with Crippen molar-refractivity contribution in [3.05, 3.63) is 46.1 Å². The maximum atomic E-state index is 13.7. The van der Waals surface area contributed by atoms with Gasteiger partial charge in [-0.1, -0.05) is 17.7 Å². The number of fused-ring (bicyclic) bond motifs is 3. The zero-order chi connectivity index (χ0) is 20.1. The topological polar surface area (TPSA) is 72.0 Å². The SMILES string of the molecule is Cc1[nH]c(C(OC23CCC(CC2)CC3)c2ccc(F)c(Cl)c2)nc1S(C)(=O)=O. The van der Waals surface area contributed by atoms with Crippen LogP contribution in [0.25, 0.3) is 0 Å². The third-order valence-electron chi connectivity index (χ3n) is 6.10. The number of aromatic amines is 1. The molecule has 3 aliphatic carbocycles. The summed E-state index contributed by atoms with van der Waals surface area (Å²) in [5, 5.41) is 0.0109. The van der Waals surface area contributed by atoms with Gasteiger partial charge in [-0.3, -0.25) is 0 Å². The van der Waals surface area contributed by atoms with Crippen LogP contribution >= 0.6 is 11.6 Å². The standard InChI is InChI=1S/C20H24ClFN2O3S/c1-12-19(28(2,25)26)24-18(23-12)17(14-3-4-16(22)15(21)11-14)27-20-8-5-13(6-9-20)7-10-20/h3-4,11,13,17H,5-10H2,1-2H3,(H,23,24). The zero-order valence-corrected chi connectivity index (χ0v) is 17.5. The molecule has 3 fully saturated rings. The average Bonchev–Trinajstić information content (AvgIpc) is 3.06. The van der Waals surface area contributed by atoms with E-state index in [0.717, 1.165) is 50.7 Å². The van der Waals surface area contributed by atoms with Crippen LogP contribution in [-0.4, -0.2) is 30.2 Å². The molecule has 1 heterocycles. The van der Waals surface area contributed by atoms with E-state index in [-0.39, 0.29) is 15.6 Å². The molecule has 1 N–H and O–H groups in total. The molecule has 152 valence electrons. The first-order valence-corrected chi connectivity index (χ1v) is 11.8. The maximum Gasteiger partial charge on any atom is 0.194 e. The number of sulfone groups is 1. The van der Waals surface area contributed by atoms with Crippen LogP contribution in [0.15, 0.2) is 23.2 Å². The first kappa shape index (κ1) is 19.9. The second kappa shape index (κ2) is 7.11. The highest BCUT2D eigenvalue weighted by Gasteiger charge is 2.44. The highest BCUT2D eigenvalue weighted by atomic mass is 35.5. The Morgan fingerprint density at radius 3 is 2.46 bits per heavy atom. The third kappa shape index (κ3) is 3.72. The molecule has 3 aliphatic rings. The molecule has 1 atom stereocenters. The van der Waals surface area contributed by atoms with Crippen molar-refractivity contribution in [3.8, 4) is 0 Å². The average molecular weight is 427 g/mol. The molecule has 1 aromatic heterocycles. The molecule has 0 amide bonds. The van der Waals surface area contributed by atoms with Gasteiger partial charge in [-0.15, -0.1) is 0 Å². The van der Waals surface area contributed by atoms with E-state index in [0.29, 0.717) is 17.1 Å². The summed E-state index contributed by atoms with van der Waals surface area (Å²) < 4.78 is 44.5. The van der Waals surface area contributed by atoms with Crippen molar-refractivity contribution in [2.45, 2.75) is 62.2 Å². The van der Waals surface area contributed by atoms with Crippen LogP contribution in [0.1, 0.15) is 61.7 Å². The molecule has 1 aromatic carbocycles. The fraction of sp³-hybridized carbons (Fsp3) is 0.550. The van der Waals surface area contributed by atoms with Crippen molar-refractivity contribution in [2.75, 3.05) is 6.26 Å². The first-order valence-electron chi connectivity index (χ1n) is 9.56. The number of H-pyrrole nitrogens is 1. The van der Waals surface area contributed by atoms with E-state index in [2.05, 4.69) is 9.97 Å². The lowest BCUT2D eigenvalue weighted by Crippen LogP contribution is -2.43. The summed E-state index contributed by atoms with van der Waals surface area (Å²) in [6.07, 6.45) is 6.84. The molecule has 2 aromatic rings. The summed E-state index contributed by atoms with van der Waals surface area (Å²) >= 11 is 6.02. The smallest absolute Gasteiger partial charge is 0.194 e. The van der Waals surface area contributed by atoms with Gasteiger partial charge >= 0.3 is 0 Å². The monoisotopic (exact) mass is 426 g/mol. The van der Waals surface area contributed by atoms with Gasteiger partial charge in [-0.25, -0.2) is 17.8 Å². The Morgan fingerprint density at radius 2 is 1.93 bits per heavy atom. The Morgan fingerprint density at radius 1 is 1.29 bits per heavy atom. The molecule has 1 unspecified atom stereocenters. The Labute approximate surface area is 169 Å². The molecule has 0 radical (unpaired) electrons. The third-order valence-corrected chi connectivity index (χ3v) is 7.49. The van der Waals surface area contributed by atoms with Crippen LogP contribution in [0.2, 0.25) is 5.02 Å². The molecular formula is C20H24ClFN2O3S. The highest BCUT2D eigenvalue weighted by Crippen LogP contribution is 2.49. The molecule has 0 aliphatic heterocycles. The largest absolute Gasteiger partial charge is 0.359 e. The fourth-order valence-corrected chi connectivity index (χ4v) is 5.61. The van der Waals surface area contributed by atoms with E-state index in [1.165, 1.54) is 12.1 Å². The predicted octanol–water partition coefficient (Wildman–Crippen LogP) is 4.74. The minimum absolute atomic E-state index is 0.00238. The number of rotatable bonds is 5. The van der Waals surface area contributed by atoms with Gasteiger partial charge in [-0.05, 0) is 69.1 Å². The van der Waals surface area contributed by atoms with Gasteiger partial charge in [0.1, 0.15) is 17.7 Å². The van der Waals surface area contributed by atoms with Gasteiger partial charge in [0.25, 0.3) is 0 Å². The molecule has 0 saturated heterocycles. The Balaban J connectivity index is 1.76. The zero-order valence-electron chi connectivity index (χ0n) is 16.0. The second-order valence-electron chi connectivity index (χ2n) is 8.16. The number of benzene rings is 1. The van der Waals surface area contributed by atoms with E-state index in [1.807, 2.05) is 0 Å². The van der Waals surface area contributed by atoms with Crippen LogP contribution in [0.4, 0.5) is 4.39 Å². The van der Waals surface area contributed by atoms with Crippen molar-refractivity contribution in [1.82, 2.24) is 9.97 Å². The van der Waals surface area contributed by atoms with Gasteiger partial charge in [0.2, 0.25) is 0 Å². The van der Waals surface area contributed by atoms with Crippen LogP contribution in [0.5, 0.6) is 0 Å². The van der Waals surface area contributed by atoms with E-state index in [9.17, 15) is 12.8 Å². The lowest BCUT2D eigenvalue weighted by molar-refractivity contribution is -0.138. The molecule has 0 spiro atoms. The van der Waals surface area contributed by atoms with Gasteiger partial charge < -0.3 is 9.72 Å². The Bertz CT molecular complexity index is 983. The lowest BCUT2D eigenvalue weighted by Gasteiger charge is -2.47. The normalized spacial score (nSPS) is 25.8. The summed E-state index contributed by atoms with van der Waals surface area (Å²) in [6.45, 7) is 1.67. The number of hydrogen-bond acceptors (Lipinski definition) is 4. The molecular weight excluding hydrogens is 403 g/mol. The van der Waals surface area contributed by atoms with E-state index in [4.69, 9.17) is 16.3 Å². The highest BCUT2D eigenvalue weighted by molar-refractivity contribution is 7.90. The number of nitrogens with one attached hydrogen (secondary N) is 1. The lowest BCUT2D eigenvalue weighted by atomic mass is 9.67. The summed E-state index contributed by atoms with van der Waals surface area (Å²) in [6, 6.07) is 4.45. The first-order chi connectivity index (χ1) is 13.2. The number of halogens is 2. The number of ether oxygens (including phenoxy) is 1. The van der Waals surface area contributed by atoms with Crippen LogP contribution in [-0.2, 0) is 14.6 Å². The minimum atomic E-state index is -3.47. The summed E-state index contributed by atoms with van der Waals surface area (Å²) in [5.41, 5.74) is 0.859. The summed E-state index contributed by atoms with van der Waals surface area (Å²) in [5.74, 6) is 0.683. The van der Waals surface area contributed by atoms with E-state index in [1.54, 1.807) is 13.0 Å². The van der Waals surface area contributed by atoms with Crippen LogP contribution in [0.3, 0.4) is 0 Å². The quantitative estimate of drug-likeness (QED) is 0.749. The summed E-state index contributed by atoms with van der Waals surface area (Å²) in [7, 11) is -3.47. The molecule has 2 bridgehead atoms. The van der Waals surface area contributed by atoms with Gasteiger partial charge in [-0.2, -0.15) is 0 Å².